The molecule has 25 heavy (non-hydrogen) atoms. The summed E-state index contributed by atoms with van der Waals surface area (Å²) in [4.78, 5) is 4.46. The fraction of sp³-hybridized carbons (Fsp3) is 0.0952. The molecule has 0 saturated heterocycles. The number of aryl methyl sites for hydroxylation is 1. The lowest BCUT2D eigenvalue weighted by Crippen LogP contribution is -1.96. The van der Waals surface area contributed by atoms with Crippen LogP contribution in [0.2, 0.25) is 0 Å². The molecule has 0 amide bonds. The number of hydrogen-bond donors (Lipinski definition) is 1. The van der Waals surface area contributed by atoms with Gasteiger partial charge in [0, 0.05) is 17.3 Å². The SMILES string of the molecule is COc1cc(-c2ccsc2)ccc1Nc1ccnc2cc(C)ccc12. The van der Waals surface area contributed by atoms with Gasteiger partial charge >= 0.3 is 0 Å². The summed E-state index contributed by atoms with van der Waals surface area (Å²) in [6.45, 7) is 2.08. The van der Waals surface area contributed by atoms with Gasteiger partial charge in [-0.15, -0.1) is 0 Å². The number of ether oxygens (including phenoxy) is 1. The minimum absolute atomic E-state index is 0.820. The number of pyridine rings is 1. The highest BCUT2D eigenvalue weighted by Crippen LogP contribution is 2.35. The Kier molecular flexibility index (Phi) is 4.12. The number of hydrogen-bond acceptors (Lipinski definition) is 4. The standard InChI is InChI=1S/C21H18N2OS/c1-14-3-5-17-18(7-9-22-20(17)11-14)23-19-6-4-15(12-21(19)24-2)16-8-10-25-13-16/h3-13H,1-2H3,(H,22,23). The molecule has 4 rings (SSSR count). The first kappa shape index (κ1) is 15.7. The molecule has 0 aliphatic rings. The van der Waals surface area contributed by atoms with Gasteiger partial charge in [0.1, 0.15) is 5.75 Å². The Hall–Kier alpha value is -2.85. The number of aromatic nitrogens is 1. The second-order valence-electron chi connectivity index (χ2n) is 5.93. The summed E-state index contributed by atoms with van der Waals surface area (Å²) in [7, 11) is 1.70. The van der Waals surface area contributed by atoms with Gasteiger partial charge in [-0.2, -0.15) is 11.3 Å². The van der Waals surface area contributed by atoms with Crippen LogP contribution in [0.5, 0.6) is 5.75 Å². The Morgan fingerprint density at radius 1 is 0.960 bits per heavy atom. The molecule has 2 aromatic heterocycles. The molecule has 0 bridgehead atoms. The van der Waals surface area contributed by atoms with Crippen molar-refractivity contribution in [3.63, 3.8) is 0 Å². The van der Waals surface area contributed by atoms with Crippen LogP contribution in [-0.2, 0) is 0 Å². The summed E-state index contributed by atoms with van der Waals surface area (Å²) in [5.41, 5.74) is 6.51. The van der Waals surface area contributed by atoms with E-state index >= 15 is 0 Å². The van der Waals surface area contributed by atoms with Crippen molar-refractivity contribution in [1.82, 2.24) is 4.98 Å². The molecule has 0 saturated carbocycles. The Labute approximate surface area is 150 Å². The third kappa shape index (κ3) is 3.08. The van der Waals surface area contributed by atoms with Gasteiger partial charge in [0.05, 0.1) is 18.3 Å². The number of benzene rings is 2. The second kappa shape index (κ2) is 6.57. The number of anilines is 2. The van der Waals surface area contributed by atoms with E-state index in [1.807, 2.05) is 12.3 Å². The number of nitrogens with zero attached hydrogens (tertiary/aromatic N) is 1. The number of thiophene rings is 1. The molecule has 0 aliphatic carbocycles. The number of fused-ring (bicyclic) bond motifs is 1. The van der Waals surface area contributed by atoms with E-state index in [-0.39, 0.29) is 0 Å². The number of methoxy groups -OCH3 is 1. The van der Waals surface area contributed by atoms with Crippen molar-refractivity contribution in [1.29, 1.82) is 0 Å². The quantitative estimate of drug-likeness (QED) is 0.490. The van der Waals surface area contributed by atoms with Crippen LogP contribution in [0.25, 0.3) is 22.0 Å². The lowest BCUT2D eigenvalue weighted by atomic mass is 10.1. The Balaban J connectivity index is 1.74. The van der Waals surface area contributed by atoms with Crippen molar-refractivity contribution in [3.8, 4) is 16.9 Å². The molecule has 0 radical (unpaired) electrons. The van der Waals surface area contributed by atoms with Crippen molar-refractivity contribution in [2.75, 3.05) is 12.4 Å². The maximum atomic E-state index is 5.61. The van der Waals surface area contributed by atoms with Crippen LogP contribution in [0.15, 0.2) is 65.5 Å². The van der Waals surface area contributed by atoms with Crippen molar-refractivity contribution in [3.05, 3.63) is 71.1 Å². The van der Waals surface area contributed by atoms with Gasteiger partial charge in [-0.3, -0.25) is 4.98 Å². The fourth-order valence-electron chi connectivity index (χ4n) is 2.91. The largest absolute Gasteiger partial charge is 0.495 e. The molecule has 1 N–H and O–H groups in total. The van der Waals surface area contributed by atoms with Gasteiger partial charge < -0.3 is 10.1 Å². The van der Waals surface area contributed by atoms with E-state index in [1.165, 1.54) is 11.1 Å². The first-order valence-electron chi connectivity index (χ1n) is 8.07. The molecule has 0 fully saturated rings. The normalized spacial score (nSPS) is 10.8. The maximum Gasteiger partial charge on any atom is 0.142 e. The molecule has 3 nitrogen and oxygen atoms in total. The smallest absolute Gasteiger partial charge is 0.142 e. The van der Waals surface area contributed by atoms with Crippen LogP contribution in [0.1, 0.15) is 5.56 Å². The molecule has 0 spiro atoms. The van der Waals surface area contributed by atoms with Crippen molar-refractivity contribution >= 4 is 33.6 Å². The van der Waals surface area contributed by atoms with E-state index in [2.05, 4.69) is 70.4 Å². The summed E-state index contributed by atoms with van der Waals surface area (Å²) in [5, 5.41) is 8.81. The van der Waals surface area contributed by atoms with E-state index in [0.29, 0.717) is 0 Å². The molecular formula is C21H18N2OS. The highest BCUT2D eigenvalue weighted by molar-refractivity contribution is 7.08. The lowest BCUT2D eigenvalue weighted by molar-refractivity contribution is 0.417. The van der Waals surface area contributed by atoms with E-state index in [9.17, 15) is 0 Å². The van der Waals surface area contributed by atoms with E-state index in [4.69, 9.17) is 4.74 Å². The zero-order valence-electron chi connectivity index (χ0n) is 14.1. The van der Waals surface area contributed by atoms with Gasteiger partial charge in [0.2, 0.25) is 0 Å². The molecule has 124 valence electrons. The molecule has 0 aliphatic heterocycles. The molecule has 0 unspecified atom stereocenters. The van der Waals surface area contributed by atoms with E-state index in [1.54, 1.807) is 18.4 Å². The molecular weight excluding hydrogens is 328 g/mol. The van der Waals surface area contributed by atoms with Crippen LogP contribution in [0, 0.1) is 6.92 Å². The zero-order valence-corrected chi connectivity index (χ0v) is 14.9. The van der Waals surface area contributed by atoms with E-state index < -0.39 is 0 Å². The minimum atomic E-state index is 0.820. The topological polar surface area (TPSA) is 34.1 Å². The first-order chi connectivity index (χ1) is 12.2. The highest BCUT2D eigenvalue weighted by atomic mass is 32.1. The third-order valence-corrected chi connectivity index (χ3v) is 4.91. The van der Waals surface area contributed by atoms with Gasteiger partial charge in [0.25, 0.3) is 0 Å². The average molecular weight is 346 g/mol. The Morgan fingerprint density at radius 3 is 2.68 bits per heavy atom. The Morgan fingerprint density at radius 2 is 1.88 bits per heavy atom. The van der Waals surface area contributed by atoms with Gasteiger partial charge in [-0.05, 0) is 64.7 Å². The first-order valence-corrected chi connectivity index (χ1v) is 9.02. The summed E-state index contributed by atoms with van der Waals surface area (Å²) in [6, 6.07) is 16.6. The van der Waals surface area contributed by atoms with Crippen molar-refractivity contribution in [2.45, 2.75) is 6.92 Å². The van der Waals surface area contributed by atoms with Crippen LogP contribution in [-0.4, -0.2) is 12.1 Å². The lowest BCUT2D eigenvalue weighted by Gasteiger charge is -2.14. The third-order valence-electron chi connectivity index (χ3n) is 4.22. The van der Waals surface area contributed by atoms with Gasteiger partial charge in [-0.25, -0.2) is 0 Å². The summed E-state index contributed by atoms with van der Waals surface area (Å²) in [6.07, 6.45) is 1.83. The van der Waals surface area contributed by atoms with Crippen molar-refractivity contribution < 1.29 is 4.74 Å². The van der Waals surface area contributed by atoms with Crippen LogP contribution >= 0.6 is 11.3 Å². The number of rotatable bonds is 4. The van der Waals surface area contributed by atoms with Crippen LogP contribution < -0.4 is 10.1 Å². The highest BCUT2D eigenvalue weighted by Gasteiger charge is 2.09. The molecule has 2 heterocycles. The molecule has 2 aromatic carbocycles. The van der Waals surface area contributed by atoms with E-state index in [0.717, 1.165) is 33.6 Å². The summed E-state index contributed by atoms with van der Waals surface area (Å²) in [5.74, 6) is 0.820. The molecule has 4 aromatic rings. The predicted octanol–water partition coefficient (Wildman–Crippen LogP) is 6.02. The monoisotopic (exact) mass is 346 g/mol. The maximum absolute atomic E-state index is 5.61. The Bertz CT molecular complexity index is 1030. The molecule has 4 heteroatoms. The van der Waals surface area contributed by atoms with Gasteiger partial charge in [-0.1, -0.05) is 18.2 Å². The number of nitrogens with one attached hydrogen (secondary N) is 1. The van der Waals surface area contributed by atoms with Gasteiger partial charge in [0.15, 0.2) is 0 Å². The summed E-state index contributed by atoms with van der Waals surface area (Å²) < 4.78 is 5.61. The molecule has 0 atom stereocenters. The van der Waals surface area contributed by atoms with Crippen molar-refractivity contribution in [2.24, 2.45) is 0 Å². The second-order valence-corrected chi connectivity index (χ2v) is 6.71. The fourth-order valence-corrected chi connectivity index (χ4v) is 3.58. The van der Waals surface area contributed by atoms with Crippen LogP contribution in [0.4, 0.5) is 11.4 Å². The predicted molar refractivity (Wildman–Crippen MR) is 106 cm³/mol. The average Bonchev–Trinajstić information content (AvgIpc) is 3.16. The minimum Gasteiger partial charge on any atom is -0.495 e. The zero-order chi connectivity index (χ0) is 17.2. The van der Waals surface area contributed by atoms with Crippen LogP contribution in [0.3, 0.4) is 0 Å². The summed E-state index contributed by atoms with van der Waals surface area (Å²) >= 11 is 1.69.